The molecule has 2 aromatic rings. The maximum atomic E-state index is 13.0. The molecule has 0 saturated heterocycles. The molecule has 1 atom stereocenters. The summed E-state index contributed by atoms with van der Waals surface area (Å²) >= 11 is 12.4. The maximum absolute atomic E-state index is 13.0. The number of quaternary nitrogens is 1. The van der Waals surface area contributed by atoms with Crippen molar-refractivity contribution in [2.24, 2.45) is 0 Å². The maximum Gasteiger partial charge on any atom is 0.359 e. The standard InChI is InChI=1S/C21H21Cl2N3O5S/c22-15-4-1-2-7-19(15)31-20-9-8-13(10-16(20)23)32(29,30)26-18-6-3-5-17(14(18)11-24)25-12-21(27)28/h1-2,4,7-11,18,24-26H,3,5-6,12H2,(H,27,28)/p+1/t18-/m1/s1. The van der Waals surface area contributed by atoms with Gasteiger partial charge in [0, 0.05) is 18.2 Å². The number of benzene rings is 2. The van der Waals surface area contributed by atoms with Gasteiger partial charge in [0.15, 0.2) is 6.54 Å². The van der Waals surface area contributed by atoms with Crippen LogP contribution in [0.5, 0.6) is 11.5 Å². The van der Waals surface area contributed by atoms with Crippen LogP contribution < -0.4 is 14.8 Å². The molecule has 1 aliphatic carbocycles. The van der Waals surface area contributed by atoms with Crippen LogP contribution >= 0.6 is 23.2 Å². The molecule has 5 N–H and O–H groups in total. The van der Waals surface area contributed by atoms with E-state index < -0.39 is 22.0 Å². The predicted octanol–water partition coefficient (Wildman–Crippen LogP) is 3.17. The second-order valence-corrected chi connectivity index (χ2v) is 9.65. The minimum atomic E-state index is -3.96. The normalized spacial score (nSPS) is 16.6. The quantitative estimate of drug-likeness (QED) is 0.394. The fourth-order valence-corrected chi connectivity index (χ4v) is 5.13. The summed E-state index contributed by atoms with van der Waals surface area (Å²) in [6.07, 6.45) is 2.83. The molecule has 170 valence electrons. The van der Waals surface area contributed by atoms with Crippen LogP contribution in [0.2, 0.25) is 10.0 Å². The Hall–Kier alpha value is -2.43. The minimum absolute atomic E-state index is 0.0556. The number of aliphatic carboxylic acids is 1. The van der Waals surface area contributed by atoms with E-state index in [-0.39, 0.29) is 22.2 Å². The zero-order chi connectivity index (χ0) is 23.3. The van der Waals surface area contributed by atoms with E-state index in [0.29, 0.717) is 41.3 Å². The molecule has 0 fully saturated rings. The number of sulfonamides is 1. The first-order valence-electron chi connectivity index (χ1n) is 9.74. The van der Waals surface area contributed by atoms with Crippen molar-refractivity contribution in [3.63, 3.8) is 0 Å². The minimum Gasteiger partial charge on any atom is -0.477 e. The van der Waals surface area contributed by atoms with E-state index in [1.165, 1.54) is 23.5 Å². The van der Waals surface area contributed by atoms with Gasteiger partial charge in [-0.2, -0.15) is 0 Å². The molecule has 0 aromatic heterocycles. The zero-order valence-electron chi connectivity index (χ0n) is 16.8. The van der Waals surface area contributed by atoms with Crippen LogP contribution in [0.3, 0.4) is 0 Å². The van der Waals surface area contributed by atoms with Crippen molar-refractivity contribution in [3.05, 3.63) is 63.8 Å². The first-order chi connectivity index (χ1) is 15.2. The van der Waals surface area contributed by atoms with E-state index in [1.807, 2.05) is 0 Å². The Balaban J connectivity index is 1.81. The van der Waals surface area contributed by atoms with Gasteiger partial charge in [0.2, 0.25) is 10.0 Å². The molecule has 0 saturated carbocycles. The Morgan fingerprint density at radius 2 is 1.94 bits per heavy atom. The molecule has 1 aliphatic rings. The van der Waals surface area contributed by atoms with Crippen molar-refractivity contribution in [1.82, 2.24) is 4.72 Å². The molecule has 8 nitrogen and oxygen atoms in total. The average Bonchev–Trinajstić information content (AvgIpc) is 2.74. The number of carbonyl (C=O) groups is 1. The van der Waals surface area contributed by atoms with Crippen LogP contribution in [0, 0.1) is 5.41 Å². The molecular weight excluding hydrogens is 477 g/mol. The summed E-state index contributed by atoms with van der Waals surface area (Å²) in [6, 6.07) is 10.3. The van der Waals surface area contributed by atoms with Gasteiger partial charge in [0.05, 0.1) is 21.0 Å². The molecular formula is C21H22Cl2N3O5S+. The molecule has 0 heterocycles. The summed E-state index contributed by atoms with van der Waals surface area (Å²) in [5.41, 5.74) is 1.13. The summed E-state index contributed by atoms with van der Waals surface area (Å²) in [4.78, 5) is 10.8. The van der Waals surface area contributed by atoms with Crippen molar-refractivity contribution in [2.45, 2.75) is 30.2 Å². The van der Waals surface area contributed by atoms with Crippen molar-refractivity contribution in [3.8, 4) is 11.5 Å². The van der Waals surface area contributed by atoms with Crippen molar-refractivity contribution < 1.29 is 28.4 Å². The number of carboxylic acids is 1. The van der Waals surface area contributed by atoms with Crippen LogP contribution in [0.25, 0.3) is 0 Å². The van der Waals surface area contributed by atoms with Gasteiger partial charge in [-0.3, -0.25) is 0 Å². The van der Waals surface area contributed by atoms with Crippen LogP contribution in [-0.4, -0.2) is 38.3 Å². The highest BCUT2D eigenvalue weighted by atomic mass is 35.5. The smallest absolute Gasteiger partial charge is 0.359 e. The first-order valence-corrected chi connectivity index (χ1v) is 12.0. The zero-order valence-corrected chi connectivity index (χ0v) is 19.2. The number of carboxylic acid groups (broad SMARTS) is 1. The van der Waals surface area contributed by atoms with Crippen LogP contribution in [-0.2, 0) is 14.8 Å². The molecule has 3 rings (SSSR count). The fraction of sp³-hybridized carbons (Fsp3) is 0.238. The number of halogens is 2. The predicted molar refractivity (Wildman–Crippen MR) is 121 cm³/mol. The highest BCUT2D eigenvalue weighted by Crippen LogP contribution is 2.34. The van der Waals surface area contributed by atoms with Crippen LogP contribution in [0.1, 0.15) is 19.3 Å². The Labute approximate surface area is 195 Å². The lowest BCUT2D eigenvalue weighted by atomic mass is 9.92. The number of para-hydroxylation sites is 1. The summed E-state index contributed by atoms with van der Waals surface area (Å²) < 4.78 is 34.2. The Kier molecular flexibility index (Phi) is 7.91. The lowest BCUT2D eigenvalue weighted by molar-refractivity contribution is -0.599. The molecule has 32 heavy (non-hydrogen) atoms. The lowest BCUT2D eigenvalue weighted by Gasteiger charge is -2.25. The Morgan fingerprint density at radius 1 is 1.22 bits per heavy atom. The molecule has 0 bridgehead atoms. The van der Waals surface area contributed by atoms with Gasteiger partial charge in [-0.15, -0.1) is 0 Å². The summed E-state index contributed by atoms with van der Waals surface area (Å²) in [5, 5.41) is 18.6. The number of hydrogen-bond donors (Lipinski definition) is 4. The SMILES string of the molecule is N=CC1=C([NH2+]CC(=O)O)CCC[C@H]1NS(=O)(=O)c1ccc(Oc2ccccc2Cl)c(Cl)c1. The summed E-state index contributed by atoms with van der Waals surface area (Å²) in [7, 11) is -3.96. The number of hydrogen-bond acceptors (Lipinski definition) is 5. The van der Waals surface area contributed by atoms with Gasteiger partial charge in [0.1, 0.15) is 17.2 Å². The lowest BCUT2D eigenvalue weighted by Crippen LogP contribution is -2.84. The number of ether oxygens (including phenoxy) is 1. The Bertz CT molecular complexity index is 1170. The molecule has 2 aromatic carbocycles. The van der Waals surface area contributed by atoms with Gasteiger partial charge in [0.25, 0.3) is 0 Å². The molecule has 11 heteroatoms. The Morgan fingerprint density at radius 3 is 2.59 bits per heavy atom. The van der Waals surface area contributed by atoms with E-state index in [2.05, 4.69) is 4.72 Å². The first kappa shape index (κ1) is 24.2. The number of nitrogens with one attached hydrogen (secondary N) is 2. The van der Waals surface area contributed by atoms with Crippen molar-refractivity contribution in [2.75, 3.05) is 6.54 Å². The highest BCUT2D eigenvalue weighted by molar-refractivity contribution is 7.89. The van der Waals surface area contributed by atoms with Gasteiger partial charge >= 0.3 is 5.97 Å². The highest BCUT2D eigenvalue weighted by Gasteiger charge is 2.29. The van der Waals surface area contributed by atoms with E-state index in [0.717, 1.165) is 6.21 Å². The molecule has 0 spiro atoms. The topological polar surface area (TPSA) is 133 Å². The number of allylic oxidation sites excluding steroid dienone is 1. The van der Waals surface area contributed by atoms with Crippen LogP contribution in [0.15, 0.2) is 58.6 Å². The van der Waals surface area contributed by atoms with Crippen molar-refractivity contribution >= 4 is 45.4 Å². The second kappa shape index (κ2) is 10.5. The van der Waals surface area contributed by atoms with Crippen molar-refractivity contribution in [1.29, 1.82) is 5.41 Å². The summed E-state index contributed by atoms with van der Waals surface area (Å²) in [5.74, 6) is -0.349. The van der Waals surface area contributed by atoms with E-state index in [4.69, 9.17) is 38.5 Å². The molecule has 0 radical (unpaired) electrons. The van der Waals surface area contributed by atoms with Gasteiger partial charge in [-0.1, -0.05) is 35.3 Å². The average molecular weight is 499 g/mol. The fourth-order valence-electron chi connectivity index (χ4n) is 3.40. The number of nitrogens with two attached hydrogens (primary N) is 1. The molecule has 0 aliphatic heterocycles. The largest absolute Gasteiger partial charge is 0.477 e. The summed E-state index contributed by atoms with van der Waals surface area (Å²) in [6.45, 7) is -0.186. The van der Waals surface area contributed by atoms with Gasteiger partial charge < -0.3 is 20.6 Å². The molecule has 0 unspecified atom stereocenters. The van der Waals surface area contributed by atoms with E-state index in [1.54, 1.807) is 24.3 Å². The number of rotatable bonds is 9. The molecule has 0 amide bonds. The second-order valence-electron chi connectivity index (χ2n) is 7.12. The van der Waals surface area contributed by atoms with Gasteiger partial charge in [-0.05, 0) is 43.2 Å². The third-order valence-electron chi connectivity index (χ3n) is 4.93. The third kappa shape index (κ3) is 5.87. The van der Waals surface area contributed by atoms with Crippen LogP contribution in [0.4, 0.5) is 0 Å². The third-order valence-corrected chi connectivity index (χ3v) is 7.01. The van der Waals surface area contributed by atoms with E-state index in [9.17, 15) is 13.2 Å². The van der Waals surface area contributed by atoms with Gasteiger partial charge in [-0.25, -0.2) is 17.9 Å². The monoisotopic (exact) mass is 498 g/mol. The van der Waals surface area contributed by atoms with E-state index >= 15 is 0 Å².